The smallest absolute Gasteiger partial charge is 0.303 e. The molecule has 3 aliphatic heterocycles. The summed E-state index contributed by atoms with van der Waals surface area (Å²) < 4.78 is 22.7. The second-order valence-corrected chi connectivity index (χ2v) is 10.9. The molecule has 0 radical (unpaired) electrons. The van der Waals surface area contributed by atoms with Crippen LogP contribution in [-0.2, 0) is 28.5 Å². The fourth-order valence-electron chi connectivity index (χ4n) is 5.14. The van der Waals surface area contributed by atoms with Crippen molar-refractivity contribution in [1.29, 1.82) is 0 Å². The molecule has 3 fully saturated rings. The number of aliphatic hydroxyl groups excluding tert-OH is 2. The Morgan fingerprint density at radius 1 is 1.22 bits per heavy atom. The monoisotopic (exact) mass is 506 g/mol. The Morgan fingerprint density at radius 2 is 1.94 bits per heavy atom. The van der Waals surface area contributed by atoms with Crippen LogP contribution in [0, 0.1) is 5.92 Å². The summed E-state index contributed by atoms with van der Waals surface area (Å²) in [6, 6.07) is 0. The van der Waals surface area contributed by atoms with Crippen LogP contribution in [0.5, 0.6) is 0 Å². The lowest BCUT2D eigenvalue weighted by atomic mass is 9.82. The molecule has 0 saturated carbocycles. The topological polar surface area (TPSA) is 115 Å². The molecule has 0 amide bonds. The number of aliphatic hydroxyl groups is 2. The molecule has 2 N–H and O–H groups in total. The zero-order valence-electron chi connectivity index (χ0n) is 22.1. The molecule has 8 heteroatoms. The summed E-state index contributed by atoms with van der Waals surface area (Å²) in [5, 5.41) is 20.4. The van der Waals surface area contributed by atoms with Gasteiger partial charge in [0.1, 0.15) is 23.9 Å². The number of epoxide rings is 1. The summed E-state index contributed by atoms with van der Waals surface area (Å²) in [4.78, 5) is 23.3. The van der Waals surface area contributed by atoms with Crippen LogP contribution >= 0.6 is 0 Å². The first kappa shape index (κ1) is 28.7. The molecule has 3 aliphatic rings. The van der Waals surface area contributed by atoms with E-state index in [1.165, 1.54) is 13.0 Å². The lowest BCUT2D eigenvalue weighted by molar-refractivity contribution is -0.192. The highest BCUT2D eigenvalue weighted by atomic mass is 16.6. The Morgan fingerprint density at radius 3 is 2.56 bits per heavy atom. The minimum Gasteiger partial charge on any atom is -0.459 e. The van der Waals surface area contributed by atoms with E-state index in [1.807, 2.05) is 32.9 Å². The van der Waals surface area contributed by atoms with Gasteiger partial charge in [0.15, 0.2) is 5.78 Å². The van der Waals surface area contributed by atoms with Gasteiger partial charge in [0.25, 0.3) is 0 Å². The average Bonchev–Trinajstić information content (AvgIpc) is 3.58. The van der Waals surface area contributed by atoms with Crippen LogP contribution in [-0.4, -0.2) is 76.9 Å². The molecule has 0 aromatic heterocycles. The van der Waals surface area contributed by atoms with Crippen molar-refractivity contribution in [2.24, 2.45) is 5.92 Å². The van der Waals surface area contributed by atoms with E-state index >= 15 is 0 Å². The number of hydrogen-bond donors (Lipinski definition) is 2. The number of ether oxygens (including phenoxy) is 4. The number of esters is 1. The zero-order chi connectivity index (χ0) is 26.5. The molecule has 0 aliphatic carbocycles. The number of carbonyl (C=O) groups is 2. The standard InChI is InChI=1S/C28H42O8/c1-18(7-13-25-26(32)28(17-33-28)15-27(5,16-29)36-25)6-11-24-12-9-22(20(3)35-24)14-23(31)10-8-19(2)34-21(4)30/h6-8,10,13,19-20,22,24-26,29,32H,9,11-12,14-17H2,1-5H3/b10-8-,13-7+,18-6+/t19-,20+,22-,24-,25?,26+,27+,28+/m0/s1. The molecule has 8 nitrogen and oxygen atoms in total. The summed E-state index contributed by atoms with van der Waals surface area (Å²) in [7, 11) is 0. The highest BCUT2D eigenvalue weighted by Crippen LogP contribution is 2.46. The zero-order valence-corrected chi connectivity index (χ0v) is 22.1. The SMILES string of the molecule is CC(=O)O[C@@H](C)/C=C\C(=O)C[C@@H]1CC[C@H](C/C=C(C)/C=C/C2O[C@@](C)(CO)C[C@@]3(CO3)[C@@H]2O)O[C@@H]1C. The van der Waals surface area contributed by atoms with E-state index in [-0.39, 0.29) is 36.5 Å². The van der Waals surface area contributed by atoms with Gasteiger partial charge in [-0.3, -0.25) is 9.59 Å². The average molecular weight is 507 g/mol. The van der Waals surface area contributed by atoms with E-state index in [0.717, 1.165) is 24.8 Å². The van der Waals surface area contributed by atoms with E-state index in [0.29, 0.717) is 19.4 Å². The minimum absolute atomic E-state index is 0.0107. The third kappa shape index (κ3) is 7.83. The van der Waals surface area contributed by atoms with E-state index in [2.05, 4.69) is 6.08 Å². The molecule has 0 aromatic rings. The van der Waals surface area contributed by atoms with Crippen LogP contribution in [0.25, 0.3) is 0 Å². The van der Waals surface area contributed by atoms with Crippen LogP contribution in [0.3, 0.4) is 0 Å². The third-order valence-electron chi connectivity index (χ3n) is 7.34. The summed E-state index contributed by atoms with van der Waals surface area (Å²) in [5.41, 5.74) is -0.306. The van der Waals surface area contributed by atoms with Crippen molar-refractivity contribution in [3.8, 4) is 0 Å². The Balaban J connectivity index is 1.45. The fraction of sp³-hybridized carbons (Fsp3) is 0.714. The Bertz CT molecular complexity index is 873. The van der Waals surface area contributed by atoms with Crippen molar-refractivity contribution in [3.63, 3.8) is 0 Å². The van der Waals surface area contributed by atoms with E-state index in [4.69, 9.17) is 18.9 Å². The van der Waals surface area contributed by atoms with E-state index < -0.39 is 29.5 Å². The summed E-state index contributed by atoms with van der Waals surface area (Å²) in [5.74, 6) is -0.197. The molecule has 1 unspecified atom stereocenters. The molecule has 1 spiro atoms. The number of ketones is 1. The maximum atomic E-state index is 12.3. The first-order chi connectivity index (χ1) is 16.9. The van der Waals surface area contributed by atoms with Gasteiger partial charge in [0.2, 0.25) is 0 Å². The molecule has 0 aromatic carbocycles. The van der Waals surface area contributed by atoms with Crippen molar-refractivity contribution in [2.45, 2.75) is 108 Å². The maximum Gasteiger partial charge on any atom is 0.303 e. The predicted octanol–water partition coefficient (Wildman–Crippen LogP) is 3.20. The highest BCUT2D eigenvalue weighted by molar-refractivity contribution is 5.89. The lowest BCUT2D eigenvalue weighted by Gasteiger charge is -2.42. The lowest BCUT2D eigenvalue weighted by Crippen LogP contribution is -2.56. The molecule has 3 rings (SSSR count). The highest BCUT2D eigenvalue weighted by Gasteiger charge is 2.61. The van der Waals surface area contributed by atoms with Crippen LogP contribution in [0.1, 0.15) is 66.7 Å². The quantitative estimate of drug-likeness (QED) is 0.201. The number of allylic oxidation sites excluding steroid dienone is 3. The molecule has 3 heterocycles. The van der Waals surface area contributed by atoms with Crippen LogP contribution in [0.2, 0.25) is 0 Å². The number of hydrogen-bond acceptors (Lipinski definition) is 8. The Hall–Kier alpha value is -1.84. The van der Waals surface area contributed by atoms with Gasteiger partial charge in [0, 0.05) is 19.8 Å². The fourth-order valence-corrected chi connectivity index (χ4v) is 5.14. The third-order valence-corrected chi connectivity index (χ3v) is 7.34. The minimum atomic E-state index is -0.761. The van der Waals surface area contributed by atoms with E-state index in [9.17, 15) is 19.8 Å². The number of carbonyl (C=O) groups excluding carboxylic acids is 2. The van der Waals surface area contributed by atoms with Gasteiger partial charge in [0.05, 0.1) is 31.0 Å². The molecular formula is C28H42O8. The molecule has 36 heavy (non-hydrogen) atoms. The van der Waals surface area contributed by atoms with Crippen molar-refractivity contribution in [3.05, 3.63) is 36.0 Å². The second kappa shape index (κ2) is 12.1. The normalized spacial score (nSPS) is 38.0. The predicted molar refractivity (Wildman–Crippen MR) is 134 cm³/mol. The summed E-state index contributed by atoms with van der Waals surface area (Å²) >= 11 is 0. The first-order valence-electron chi connectivity index (χ1n) is 12.9. The van der Waals surface area contributed by atoms with Crippen molar-refractivity contribution in [1.82, 2.24) is 0 Å². The maximum absolute atomic E-state index is 12.3. The van der Waals surface area contributed by atoms with Crippen molar-refractivity contribution >= 4 is 11.8 Å². The van der Waals surface area contributed by atoms with Gasteiger partial charge < -0.3 is 29.2 Å². The molecule has 0 bridgehead atoms. The molecule has 202 valence electrons. The van der Waals surface area contributed by atoms with Crippen molar-refractivity contribution < 1.29 is 38.7 Å². The van der Waals surface area contributed by atoms with Gasteiger partial charge in [-0.05, 0) is 65.0 Å². The van der Waals surface area contributed by atoms with E-state index in [1.54, 1.807) is 13.0 Å². The van der Waals surface area contributed by atoms with Gasteiger partial charge >= 0.3 is 5.97 Å². The molecule has 8 atom stereocenters. The Labute approximate surface area is 214 Å². The van der Waals surface area contributed by atoms with Gasteiger partial charge in [-0.2, -0.15) is 0 Å². The van der Waals surface area contributed by atoms with Crippen LogP contribution in [0.4, 0.5) is 0 Å². The largest absolute Gasteiger partial charge is 0.459 e. The van der Waals surface area contributed by atoms with Gasteiger partial charge in [-0.15, -0.1) is 0 Å². The number of rotatable bonds is 10. The summed E-state index contributed by atoms with van der Waals surface area (Å²) in [6.45, 7) is 9.28. The van der Waals surface area contributed by atoms with Gasteiger partial charge in [-0.1, -0.05) is 23.8 Å². The van der Waals surface area contributed by atoms with Crippen LogP contribution < -0.4 is 0 Å². The van der Waals surface area contributed by atoms with Crippen molar-refractivity contribution in [2.75, 3.05) is 13.2 Å². The first-order valence-corrected chi connectivity index (χ1v) is 12.9. The summed E-state index contributed by atoms with van der Waals surface area (Å²) in [6.07, 6.45) is 10.8. The second-order valence-electron chi connectivity index (χ2n) is 10.9. The van der Waals surface area contributed by atoms with Crippen LogP contribution in [0.15, 0.2) is 36.0 Å². The Kier molecular flexibility index (Phi) is 9.68. The molecular weight excluding hydrogens is 464 g/mol. The molecule has 3 saturated heterocycles. The van der Waals surface area contributed by atoms with Gasteiger partial charge in [-0.25, -0.2) is 0 Å².